The molecular weight excluding hydrogens is 437 g/mol. The predicted octanol–water partition coefficient (Wildman–Crippen LogP) is 7.43. The molecule has 0 saturated heterocycles. The number of carbonyl (C=O) groups excluding carboxylic acids is 1. The number of rotatable bonds is 7. The van der Waals surface area contributed by atoms with Gasteiger partial charge in [-0.3, -0.25) is 4.79 Å². The summed E-state index contributed by atoms with van der Waals surface area (Å²) in [6.45, 7) is 1.11. The highest BCUT2D eigenvalue weighted by Gasteiger charge is 2.18. The van der Waals surface area contributed by atoms with Crippen LogP contribution in [0.25, 0.3) is 11.1 Å². The van der Waals surface area contributed by atoms with Crippen LogP contribution < -0.4 is 0 Å². The van der Waals surface area contributed by atoms with Crippen LogP contribution in [0.4, 0.5) is 0 Å². The van der Waals surface area contributed by atoms with E-state index < -0.39 is 0 Å². The lowest BCUT2D eigenvalue weighted by atomic mass is 9.97. The van der Waals surface area contributed by atoms with Gasteiger partial charge in [-0.1, -0.05) is 114 Å². The Bertz CT molecular complexity index is 1150. The van der Waals surface area contributed by atoms with Crippen LogP contribution in [0.15, 0.2) is 103 Å². The van der Waals surface area contributed by atoms with E-state index in [1.165, 1.54) is 0 Å². The lowest BCUT2D eigenvalue weighted by molar-refractivity contribution is -0.131. The molecule has 0 radical (unpaired) electrons. The fourth-order valence-electron chi connectivity index (χ4n) is 3.76. The highest BCUT2D eigenvalue weighted by molar-refractivity contribution is 6.36. The Morgan fingerprint density at radius 3 is 1.81 bits per heavy atom. The van der Waals surface area contributed by atoms with Crippen molar-refractivity contribution >= 4 is 29.1 Å². The SMILES string of the molecule is O=C(Cc1ccccc1-c1ccc(Cl)cc1Cl)N(Cc1ccccc1)Cc1ccccc1. The zero-order valence-corrected chi connectivity index (χ0v) is 19.1. The second-order valence-electron chi connectivity index (χ2n) is 7.68. The number of amides is 1. The van der Waals surface area contributed by atoms with Crippen LogP contribution in [0.1, 0.15) is 16.7 Å². The molecule has 160 valence electrons. The smallest absolute Gasteiger partial charge is 0.227 e. The first-order valence-corrected chi connectivity index (χ1v) is 11.2. The zero-order valence-electron chi connectivity index (χ0n) is 17.5. The summed E-state index contributed by atoms with van der Waals surface area (Å²) in [6, 6.07) is 33.5. The maximum Gasteiger partial charge on any atom is 0.227 e. The number of benzene rings is 4. The molecule has 2 nitrogen and oxygen atoms in total. The summed E-state index contributed by atoms with van der Waals surface area (Å²) in [5.74, 6) is 0.0650. The lowest BCUT2D eigenvalue weighted by Crippen LogP contribution is -2.31. The minimum atomic E-state index is 0.0650. The second kappa shape index (κ2) is 10.5. The maximum atomic E-state index is 13.5. The first-order valence-electron chi connectivity index (χ1n) is 10.5. The van der Waals surface area contributed by atoms with Gasteiger partial charge in [-0.05, 0) is 34.4 Å². The first-order chi connectivity index (χ1) is 15.6. The Labute approximate surface area is 199 Å². The van der Waals surface area contributed by atoms with E-state index in [-0.39, 0.29) is 12.3 Å². The summed E-state index contributed by atoms with van der Waals surface area (Å²) in [5, 5.41) is 1.16. The molecule has 0 fully saturated rings. The molecule has 0 aliphatic rings. The molecule has 4 rings (SSSR count). The van der Waals surface area contributed by atoms with Crippen molar-refractivity contribution in [3.05, 3.63) is 130 Å². The van der Waals surface area contributed by atoms with Crippen molar-refractivity contribution in [2.45, 2.75) is 19.5 Å². The molecular formula is C28H23Cl2NO. The van der Waals surface area contributed by atoms with Gasteiger partial charge in [-0.25, -0.2) is 0 Å². The van der Waals surface area contributed by atoms with Gasteiger partial charge in [-0.2, -0.15) is 0 Å². The molecule has 0 spiro atoms. The molecule has 4 heteroatoms. The Hall–Kier alpha value is -3.07. The fourth-order valence-corrected chi connectivity index (χ4v) is 4.27. The summed E-state index contributed by atoms with van der Waals surface area (Å²) in [7, 11) is 0. The molecule has 0 aliphatic carbocycles. The average Bonchev–Trinajstić information content (AvgIpc) is 2.81. The summed E-state index contributed by atoms with van der Waals surface area (Å²) < 4.78 is 0. The molecule has 0 atom stereocenters. The van der Waals surface area contributed by atoms with Crippen LogP contribution in [0, 0.1) is 0 Å². The highest BCUT2D eigenvalue weighted by Crippen LogP contribution is 2.33. The van der Waals surface area contributed by atoms with Gasteiger partial charge in [0.05, 0.1) is 6.42 Å². The van der Waals surface area contributed by atoms with Gasteiger partial charge >= 0.3 is 0 Å². The normalized spacial score (nSPS) is 10.7. The molecule has 0 saturated carbocycles. The van der Waals surface area contributed by atoms with Crippen molar-refractivity contribution in [2.75, 3.05) is 0 Å². The lowest BCUT2D eigenvalue weighted by Gasteiger charge is -2.24. The van der Waals surface area contributed by atoms with Crippen molar-refractivity contribution in [1.82, 2.24) is 4.90 Å². The van der Waals surface area contributed by atoms with Crippen molar-refractivity contribution in [2.24, 2.45) is 0 Å². The molecule has 0 unspecified atom stereocenters. The van der Waals surface area contributed by atoms with E-state index in [0.29, 0.717) is 23.1 Å². The van der Waals surface area contributed by atoms with Crippen molar-refractivity contribution in [1.29, 1.82) is 0 Å². The van der Waals surface area contributed by atoms with E-state index >= 15 is 0 Å². The monoisotopic (exact) mass is 459 g/mol. The zero-order chi connectivity index (χ0) is 22.3. The van der Waals surface area contributed by atoms with E-state index in [4.69, 9.17) is 23.2 Å². The molecule has 0 bridgehead atoms. The van der Waals surface area contributed by atoms with Crippen molar-refractivity contribution in [3.63, 3.8) is 0 Å². The van der Waals surface area contributed by atoms with Crippen LogP contribution >= 0.6 is 23.2 Å². The molecule has 4 aromatic carbocycles. The maximum absolute atomic E-state index is 13.5. The van der Waals surface area contributed by atoms with Crippen LogP contribution in [0.2, 0.25) is 10.0 Å². The molecule has 0 heterocycles. The standard InChI is InChI=1S/C28H23Cl2NO/c29-24-15-16-26(27(30)18-24)25-14-8-7-13-23(25)17-28(32)31(19-21-9-3-1-4-10-21)20-22-11-5-2-6-12-22/h1-16,18H,17,19-20H2. The van der Waals surface area contributed by atoms with Gasteiger partial charge in [0, 0.05) is 28.7 Å². The van der Waals surface area contributed by atoms with E-state index in [1.807, 2.05) is 102 Å². The molecule has 4 aromatic rings. The minimum Gasteiger partial charge on any atom is -0.334 e. The summed E-state index contributed by atoms with van der Waals surface area (Å²) >= 11 is 12.5. The van der Waals surface area contributed by atoms with Gasteiger partial charge < -0.3 is 4.90 Å². The quantitative estimate of drug-likeness (QED) is 0.281. The summed E-state index contributed by atoms with van der Waals surface area (Å²) in [5.41, 5.74) is 4.96. The number of hydrogen-bond donors (Lipinski definition) is 0. The Morgan fingerprint density at radius 1 is 0.656 bits per heavy atom. The molecule has 0 aromatic heterocycles. The van der Waals surface area contributed by atoms with Crippen LogP contribution in [-0.4, -0.2) is 10.8 Å². The van der Waals surface area contributed by atoms with Gasteiger partial charge in [0.1, 0.15) is 0 Å². The van der Waals surface area contributed by atoms with Crippen molar-refractivity contribution in [3.8, 4) is 11.1 Å². The van der Waals surface area contributed by atoms with Crippen LogP contribution in [0.5, 0.6) is 0 Å². The number of halogens is 2. The van der Waals surface area contributed by atoms with Gasteiger partial charge in [0.2, 0.25) is 5.91 Å². The molecule has 1 amide bonds. The average molecular weight is 460 g/mol. The second-order valence-corrected chi connectivity index (χ2v) is 8.52. The summed E-state index contributed by atoms with van der Waals surface area (Å²) in [6.07, 6.45) is 0.287. The third-order valence-electron chi connectivity index (χ3n) is 5.37. The van der Waals surface area contributed by atoms with E-state index in [9.17, 15) is 4.79 Å². The first kappa shape index (κ1) is 22.1. The largest absolute Gasteiger partial charge is 0.334 e. The molecule has 32 heavy (non-hydrogen) atoms. The summed E-state index contributed by atoms with van der Waals surface area (Å²) in [4.78, 5) is 15.4. The highest BCUT2D eigenvalue weighted by atomic mass is 35.5. The minimum absolute atomic E-state index is 0.0650. The van der Waals surface area contributed by atoms with Gasteiger partial charge in [0.25, 0.3) is 0 Å². The van der Waals surface area contributed by atoms with Crippen molar-refractivity contribution < 1.29 is 4.79 Å². The topological polar surface area (TPSA) is 20.3 Å². The Balaban J connectivity index is 1.62. The third kappa shape index (κ3) is 5.59. The van der Waals surface area contributed by atoms with Gasteiger partial charge in [-0.15, -0.1) is 0 Å². The van der Waals surface area contributed by atoms with Gasteiger partial charge in [0.15, 0.2) is 0 Å². The van der Waals surface area contributed by atoms with E-state index in [2.05, 4.69) is 0 Å². The van der Waals surface area contributed by atoms with Crippen LogP contribution in [-0.2, 0) is 24.3 Å². The number of carbonyl (C=O) groups is 1. The molecule has 0 N–H and O–H groups in total. The Kier molecular flexibility index (Phi) is 7.26. The van der Waals surface area contributed by atoms with E-state index in [1.54, 1.807) is 6.07 Å². The Morgan fingerprint density at radius 2 is 1.22 bits per heavy atom. The predicted molar refractivity (Wildman–Crippen MR) is 133 cm³/mol. The van der Waals surface area contributed by atoms with E-state index in [0.717, 1.165) is 27.8 Å². The van der Waals surface area contributed by atoms with Crippen LogP contribution in [0.3, 0.4) is 0 Å². The fraction of sp³-hybridized carbons (Fsp3) is 0.107. The third-order valence-corrected chi connectivity index (χ3v) is 5.91. The number of hydrogen-bond acceptors (Lipinski definition) is 1. The number of nitrogens with zero attached hydrogens (tertiary/aromatic N) is 1. The molecule has 0 aliphatic heterocycles.